The first kappa shape index (κ1) is 15.3. The number of hydrogen-bond acceptors (Lipinski definition) is 2. The van der Waals surface area contributed by atoms with Crippen molar-refractivity contribution in [2.24, 2.45) is 0 Å². The Morgan fingerprint density at radius 2 is 1.54 bits per heavy atom. The van der Waals surface area contributed by atoms with Crippen molar-refractivity contribution >= 4 is 11.1 Å². The molecule has 0 amide bonds. The van der Waals surface area contributed by atoms with Crippen LogP contribution in [0.2, 0.25) is 0 Å². The molecule has 1 unspecified atom stereocenters. The maximum absolute atomic E-state index is 10.3. The van der Waals surface area contributed by atoms with Gasteiger partial charge in [0, 0.05) is 17.0 Å². The Morgan fingerprint density at radius 3 is 2.23 bits per heavy atom. The molecule has 2 heteroatoms. The molecular formula is C24H20O2. The Labute approximate surface area is 153 Å². The highest BCUT2D eigenvalue weighted by molar-refractivity contribution is 6.02. The van der Waals surface area contributed by atoms with Gasteiger partial charge in [0.15, 0.2) is 0 Å². The summed E-state index contributed by atoms with van der Waals surface area (Å²) < 4.78 is 5.99. The minimum atomic E-state index is -0.0676. The van der Waals surface area contributed by atoms with Crippen LogP contribution >= 0.6 is 0 Å². The quantitative estimate of drug-likeness (QED) is 0.676. The zero-order valence-corrected chi connectivity index (χ0v) is 14.7. The van der Waals surface area contributed by atoms with E-state index in [-0.39, 0.29) is 11.2 Å². The van der Waals surface area contributed by atoms with Crippen molar-refractivity contribution in [3.05, 3.63) is 95.1 Å². The van der Waals surface area contributed by atoms with Crippen LogP contribution in [0.25, 0.3) is 11.1 Å². The average molecular weight is 340 g/mol. The van der Waals surface area contributed by atoms with Crippen molar-refractivity contribution in [2.45, 2.75) is 18.8 Å². The van der Waals surface area contributed by atoms with Gasteiger partial charge in [-0.1, -0.05) is 67.6 Å². The highest BCUT2D eigenvalue weighted by atomic mass is 16.5. The van der Waals surface area contributed by atoms with Crippen molar-refractivity contribution in [1.82, 2.24) is 0 Å². The van der Waals surface area contributed by atoms with Crippen LogP contribution in [0.3, 0.4) is 0 Å². The SMILES string of the molecule is CC12COc3cc(O)cc(c31)C(c1ccccc1)=C(c1ccccc1)C2. The van der Waals surface area contributed by atoms with Gasteiger partial charge < -0.3 is 9.84 Å². The highest BCUT2D eigenvalue weighted by Crippen LogP contribution is 2.55. The van der Waals surface area contributed by atoms with Gasteiger partial charge >= 0.3 is 0 Å². The molecular weight excluding hydrogens is 320 g/mol. The molecule has 1 N–H and O–H groups in total. The molecule has 0 radical (unpaired) electrons. The van der Waals surface area contributed by atoms with Gasteiger partial charge in [-0.15, -0.1) is 0 Å². The first-order valence-corrected chi connectivity index (χ1v) is 9.00. The van der Waals surface area contributed by atoms with Crippen molar-refractivity contribution < 1.29 is 9.84 Å². The summed E-state index contributed by atoms with van der Waals surface area (Å²) in [5.41, 5.74) is 7.18. The lowest BCUT2D eigenvalue weighted by atomic mass is 9.67. The maximum atomic E-state index is 10.3. The number of ether oxygens (including phenoxy) is 1. The topological polar surface area (TPSA) is 29.5 Å². The number of aromatic hydroxyl groups is 1. The average Bonchev–Trinajstić information content (AvgIpc) is 3.00. The van der Waals surface area contributed by atoms with Crippen LogP contribution in [0.15, 0.2) is 72.8 Å². The van der Waals surface area contributed by atoms with Gasteiger partial charge in [0.2, 0.25) is 0 Å². The lowest BCUT2D eigenvalue weighted by Gasteiger charge is -2.34. The van der Waals surface area contributed by atoms with Crippen LogP contribution in [-0.2, 0) is 5.41 Å². The molecule has 5 rings (SSSR count). The maximum Gasteiger partial charge on any atom is 0.127 e. The van der Waals surface area contributed by atoms with Crippen molar-refractivity contribution in [3.63, 3.8) is 0 Å². The monoisotopic (exact) mass is 340 g/mol. The Kier molecular flexibility index (Phi) is 3.23. The molecule has 2 nitrogen and oxygen atoms in total. The van der Waals surface area contributed by atoms with E-state index in [0.717, 1.165) is 17.7 Å². The van der Waals surface area contributed by atoms with E-state index in [0.29, 0.717) is 6.61 Å². The number of phenolic OH excluding ortho intramolecular Hbond substituents is 1. The van der Waals surface area contributed by atoms with Crippen LogP contribution in [0, 0.1) is 0 Å². The Balaban J connectivity index is 1.88. The van der Waals surface area contributed by atoms with Gasteiger partial charge in [0.25, 0.3) is 0 Å². The molecule has 3 aromatic carbocycles. The number of benzene rings is 3. The van der Waals surface area contributed by atoms with Crippen molar-refractivity contribution in [3.8, 4) is 11.5 Å². The lowest BCUT2D eigenvalue weighted by Crippen LogP contribution is -2.28. The molecule has 0 fully saturated rings. The van der Waals surface area contributed by atoms with Gasteiger partial charge in [0.05, 0.1) is 6.61 Å². The summed E-state index contributed by atoms with van der Waals surface area (Å²) in [4.78, 5) is 0. The van der Waals surface area contributed by atoms with Crippen molar-refractivity contribution in [2.75, 3.05) is 6.61 Å². The lowest BCUT2D eigenvalue weighted by molar-refractivity contribution is 0.280. The van der Waals surface area contributed by atoms with E-state index in [1.807, 2.05) is 18.2 Å². The largest absolute Gasteiger partial charge is 0.508 e. The summed E-state index contributed by atoms with van der Waals surface area (Å²) in [5.74, 6) is 1.08. The van der Waals surface area contributed by atoms with Gasteiger partial charge in [-0.25, -0.2) is 0 Å². The highest BCUT2D eigenvalue weighted by Gasteiger charge is 2.44. The molecule has 0 saturated carbocycles. The van der Waals surface area contributed by atoms with E-state index >= 15 is 0 Å². The summed E-state index contributed by atoms with van der Waals surface area (Å²) in [6.07, 6.45) is 0.923. The third kappa shape index (κ3) is 2.19. The number of phenols is 1. The van der Waals surface area contributed by atoms with Crippen LogP contribution in [0.5, 0.6) is 11.5 Å². The fraction of sp³-hybridized carbons (Fsp3) is 0.167. The molecule has 1 atom stereocenters. The van der Waals surface area contributed by atoms with Crippen LogP contribution in [0.4, 0.5) is 0 Å². The third-order valence-electron chi connectivity index (χ3n) is 5.56. The Morgan fingerprint density at radius 1 is 0.885 bits per heavy atom. The molecule has 0 saturated heterocycles. The van der Waals surface area contributed by atoms with E-state index in [9.17, 15) is 5.11 Å². The molecule has 1 aliphatic heterocycles. The number of allylic oxidation sites excluding steroid dienone is 1. The van der Waals surface area contributed by atoms with E-state index in [4.69, 9.17) is 4.74 Å². The van der Waals surface area contributed by atoms with E-state index in [1.54, 1.807) is 6.07 Å². The van der Waals surface area contributed by atoms with Gasteiger partial charge in [-0.05, 0) is 40.3 Å². The molecule has 1 aliphatic carbocycles. The summed E-state index contributed by atoms with van der Waals surface area (Å²) in [6.45, 7) is 2.92. The Hall–Kier alpha value is -3.00. The second-order valence-electron chi connectivity index (χ2n) is 7.48. The zero-order chi connectivity index (χ0) is 17.7. The second kappa shape index (κ2) is 5.50. The molecule has 3 aromatic rings. The molecule has 26 heavy (non-hydrogen) atoms. The van der Waals surface area contributed by atoms with E-state index in [2.05, 4.69) is 55.5 Å². The second-order valence-corrected chi connectivity index (χ2v) is 7.48. The molecule has 1 heterocycles. The minimum absolute atomic E-state index is 0.0676. The van der Waals surface area contributed by atoms with Crippen LogP contribution in [-0.4, -0.2) is 11.7 Å². The molecule has 0 bridgehead atoms. The number of hydrogen-bond donors (Lipinski definition) is 1. The molecule has 2 aliphatic rings. The van der Waals surface area contributed by atoms with Gasteiger partial charge in [-0.2, -0.15) is 0 Å². The fourth-order valence-electron chi connectivity index (χ4n) is 4.44. The first-order chi connectivity index (χ1) is 12.7. The van der Waals surface area contributed by atoms with Crippen molar-refractivity contribution in [1.29, 1.82) is 0 Å². The van der Waals surface area contributed by atoms with E-state index < -0.39 is 0 Å². The fourth-order valence-corrected chi connectivity index (χ4v) is 4.44. The predicted molar refractivity (Wildman–Crippen MR) is 104 cm³/mol. The summed E-state index contributed by atoms with van der Waals surface area (Å²) in [5, 5.41) is 10.3. The molecule has 128 valence electrons. The Bertz CT molecular complexity index is 1020. The zero-order valence-electron chi connectivity index (χ0n) is 14.7. The van der Waals surface area contributed by atoms with Crippen LogP contribution < -0.4 is 4.74 Å². The summed E-state index contributed by atoms with van der Waals surface area (Å²) in [6, 6.07) is 24.7. The normalized spacial score (nSPS) is 20.7. The first-order valence-electron chi connectivity index (χ1n) is 9.00. The minimum Gasteiger partial charge on any atom is -0.508 e. The van der Waals surface area contributed by atoms with Gasteiger partial charge in [0.1, 0.15) is 11.5 Å². The van der Waals surface area contributed by atoms with E-state index in [1.165, 1.54) is 27.8 Å². The molecule has 0 spiro atoms. The standard InChI is InChI=1S/C24H20O2/c1-24-14-20(16-8-4-2-5-9-16)22(17-10-6-3-7-11-17)19-12-18(25)13-21(23(19)24)26-15-24/h2-13,25H,14-15H2,1H3. The summed E-state index contributed by atoms with van der Waals surface area (Å²) >= 11 is 0. The van der Waals surface area contributed by atoms with Gasteiger partial charge in [-0.3, -0.25) is 0 Å². The summed E-state index contributed by atoms with van der Waals surface area (Å²) in [7, 11) is 0. The molecule has 0 aromatic heterocycles. The number of rotatable bonds is 2. The predicted octanol–water partition coefficient (Wildman–Crippen LogP) is 5.41. The van der Waals surface area contributed by atoms with Crippen LogP contribution in [0.1, 0.15) is 35.6 Å². The smallest absolute Gasteiger partial charge is 0.127 e. The third-order valence-corrected chi connectivity index (χ3v) is 5.56.